The summed E-state index contributed by atoms with van der Waals surface area (Å²) in [5, 5.41) is 0.576. The van der Waals surface area contributed by atoms with Crippen molar-refractivity contribution in [1.29, 1.82) is 0 Å². The number of nitrogen functional groups attached to an aromatic ring is 1. The van der Waals surface area contributed by atoms with Gasteiger partial charge in [-0.1, -0.05) is 11.6 Å². The van der Waals surface area contributed by atoms with Crippen molar-refractivity contribution in [1.82, 2.24) is 9.88 Å². The molecule has 0 amide bonds. The second kappa shape index (κ2) is 5.03. The van der Waals surface area contributed by atoms with Crippen LogP contribution in [0, 0.1) is 0 Å². The maximum absolute atomic E-state index is 6.40. The molecule has 0 radical (unpaired) electrons. The zero-order chi connectivity index (χ0) is 13.3. The quantitative estimate of drug-likeness (QED) is 0.882. The lowest BCUT2D eigenvalue weighted by Gasteiger charge is -2.40. The van der Waals surface area contributed by atoms with E-state index >= 15 is 0 Å². The SMILES string of the molecule is CC(C)(C(N)c1cc(Cl)cnc1N)N1CCCC1. The highest BCUT2D eigenvalue weighted by Crippen LogP contribution is 2.34. The van der Waals surface area contributed by atoms with E-state index in [9.17, 15) is 0 Å². The van der Waals surface area contributed by atoms with Gasteiger partial charge in [0.1, 0.15) is 5.82 Å². The molecule has 2 rings (SSSR count). The molecule has 0 aliphatic carbocycles. The number of anilines is 1. The highest BCUT2D eigenvalue weighted by Gasteiger charge is 2.36. The van der Waals surface area contributed by atoms with Crippen LogP contribution in [0.4, 0.5) is 5.82 Å². The smallest absolute Gasteiger partial charge is 0.128 e. The van der Waals surface area contributed by atoms with E-state index in [1.54, 1.807) is 6.20 Å². The van der Waals surface area contributed by atoms with Crippen LogP contribution in [-0.4, -0.2) is 28.5 Å². The summed E-state index contributed by atoms with van der Waals surface area (Å²) in [6.07, 6.45) is 4.02. The van der Waals surface area contributed by atoms with E-state index in [4.69, 9.17) is 23.1 Å². The fraction of sp³-hybridized carbons (Fsp3) is 0.615. The summed E-state index contributed by atoms with van der Waals surface area (Å²) in [5.74, 6) is 0.471. The second-order valence-electron chi connectivity index (χ2n) is 5.45. The van der Waals surface area contributed by atoms with Crippen molar-refractivity contribution < 1.29 is 0 Å². The van der Waals surface area contributed by atoms with Gasteiger partial charge in [0.15, 0.2) is 0 Å². The minimum absolute atomic E-state index is 0.142. The molecule has 1 aromatic heterocycles. The third-order valence-electron chi connectivity index (χ3n) is 3.93. The van der Waals surface area contributed by atoms with E-state index < -0.39 is 0 Å². The predicted octanol–water partition coefficient (Wildman–Crippen LogP) is 2.19. The Morgan fingerprint density at radius 3 is 2.61 bits per heavy atom. The largest absolute Gasteiger partial charge is 0.383 e. The van der Waals surface area contributed by atoms with E-state index in [0.717, 1.165) is 18.7 Å². The van der Waals surface area contributed by atoms with Gasteiger partial charge in [-0.25, -0.2) is 4.98 Å². The van der Waals surface area contributed by atoms with Crippen LogP contribution in [0.1, 0.15) is 38.3 Å². The third-order valence-corrected chi connectivity index (χ3v) is 4.14. The minimum Gasteiger partial charge on any atom is -0.383 e. The van der Waals surface area contributed by atoms with Gasteiger partial charge in [0.05, 0.1) is 11.1 Å². The molecule has 1 fully saturated rings. The Bertz CT molecular complexity index is 427. The first kappa shape index (κ1) is 13.6. The number of halogens is 1. The molecule has 4 nitrogen and oxygen atoms in total. The molecule has 1 aliphatic heterocycles. The Morgan fingerprint density at radius 1 is 1.39 bits per heavy atom. The molecule has 100 valence electrons. The van der Waals surface area contributed by atoms with Crippen LogP contribution < -0.4 is 11.5 Å². The number of hydrogen-bond acceptors (Lipinski definition) is 4. The van der Waals surface area contributed by atoms with Gasteiger partial charge in [-0.3, -0.25) is 4.90 Å². The van der Waals surface area contributed by atoms with Crippen LogP contribution in [0.15, 0.2) is 12.3 Å². The molecule has 18 heavy (non-hydrogen) atoms. The molecule has 1 aromatic rings. The fourth-order valence-corrected chi connectivity index (χ4v) is 2.75. The summed E-state index contributed by atoms with van der Waals surface area (Å²) in [6, 6.07) is 1.63. The summed E-state index contributed by atoms with van der Waals surface area (Å²) < 4.78 is 0. The normalized spacial score (nSPS) is 19.1. The molecule has 0 aromatic carbocycles. The topological polar surface area (TPSA) is 68.2 Å². The lowest BCUT2D eigenvalue weighted by molar-refractivity contribution is 0.124. The molecule has 5 heteroatoms. The number of nitrogens with zero attached hydrogens (tertiary/aromatic N) is 2. The van der Waals surface area contributed by atoms with E-state index in [0.29, 0.717) is 10.8 Å². The summed E-state index contributed by atoms with van der Waals surface area (Å²) in [7, 11) is 0. The van der Waals surface area contributed by atoms with Gasteiger partial charge in [-0.05, 0) is 45.8 Å². The molecule has 1 saturated heterocycles. The molecule has 0 bridgehead atoms. The Kier molecular flexibility index (Phi) is 3.80. The number of hydrogen-bond donors (Lipinski definition) is 2. The standard InChI is InChI=1S/C13H21ClN4/c1-13(2,18-5-3-4-6-18)11(15)10-7-9(14)8-17-12(10)16/h7-8,11H,3-6,15H2,1-2H3,(H2,16,17). The van der Waals surface area contributed by atoms with Crippen LogP contribution in [0.2, 0.25) is 5.02 Å². The average molecular weight is 269 g/mol. The van der Waals surface area contributed by atoms with Crippen molar-refractivity contribution in [2.45, 2.75) is 38.3 Å². The Morgan fingerprint density at radius 2 is 2.00 bits per heavy atom. The zero-order valence-corrected chi connectivity index (χ0v) is 11.7. The van der Waals surface area contributed by atoms with E-state index in [-0.39, 0.29) is 11.6 Å². The number of likely N-dealkylation sites (tertiary alicyclic amines) is 1. The summed E-state index contributed by atoms with van der Waals surface area (Å²) in [4.78, 5) is 6.50. The lowest BCUT2D eigenvalue weighted by atomic mass is 9.88. The minimum atomic E-state index is -0.193. The Labute approximate surface area is 113 Å². The van der Waals surface area contributed by atoms with E-state index in [1.807, 2.05) is 6.07 Å². The van der Waals surface area contributed by atoms with Gasteiger partial charge < -0.3 is 11.5 Å². The van der Waals surface area contributed by atoms with Gasteiger partial charge in [-0.15, -0.1) is 0 Å². The predicted molar refractivity (Wildman–Crippen MR) is 75.5 cm³/mol. The van der Waals surface area contributed by atoms with Crippen LogP contribution in [0.25, 0.3) is 0 Å². The van der Waals surface area contributed by atoms with Crippen LogP contribution >= 0.6 is 11.6 Å². The second-order valence-corrected chi connectivity index (χ2v) is 5.89. The van der Waals surface area contributed by atoms with Crippen LogP contribution in [0.5, 0.6) is 0 Å². The first-order valence-electron chi connectivity index (χ1n) is 6.34. The maximum atomic E-state index is 6.40. The molecule has 2 heterocycles. The highest BCUT2D eigenvalue weighted by atomic mass is 35.5. The van der Waals surface area contributed by atoms with Gasteiger partial charge >= 0.3 is 0 Å². The third kappa shape index (κ3) is 2.46. The first-order chi connectivity index (χ1) is 8.43. The Balaban J connectivity index is 2.28. The summed E-state index contributed by atoms with van der Waals surface area (Å²) in [6.45, 7) is 6.50. The number of pyridine rings is 1. The summed E-state index contributed by atoms with van der Waals surface area (Å²) >= 11 is 5.98. The molecule has 4 N–H and O–H groups in total. The van der Waals surface area contributed by atoms with Gasteiger partial charge in [0, 0.05) is 17.3 Å². The first-order valence-corrected chi connectivity index (χ1v) is 6.72. The van der Waals surface area contributed by atoms with Crippen molar-refractivity contribution in [3.8, 4) is 0 Å². The highest BCUT2D eigenvalue weighted by molar-refractivity contribution is 6.30. The van der Waals surface area contributed by atoms with Gasteiger partial charge in [-0.2, -0.15) is 0 Å². The van der Waals surface area contributed by atoms with E-state index in [2.05, 4.69) is 23.7 Å². The Hall–Kier alpha value is -0.840. The molecule has 0 spiro atoms. The summed E-state index contributed by atoms with van der Waals surface area (Å²) in [5.41, 5.74) is 13.0. The van der Waals surface area contributed by atoms with Crippen molar-refractivity contribution in [2.24, 2.45) is 5.73 Å². The van der Waals surface area contributed by atoms with Gasteiger partial charge in [0.2, 0.25) is 0 Å². The molecular weight excluding hydrogens is 248 g/mol. The van der Waals surface area contributed by atoms with Crippen LogP contribution in [-0.2, 0) is 0 Å². The van der Waals surface area contributed by atoms with E-state index in [1.165, 1.54) is 12.8 Å². The number of rotatable bonds is 3. The maximum Gasteiger partial charge on any atom is 0.128 e. The monoisotopic (exact) mass is 268 g/mol. The molecular formula is C13H21ClN4. The molecule has 0 saturated carbocycles. The van der Waals surface area contributed by atoms with Crippen LogP contribution in [0.3, 0.4) is 0 Å². The average Bonchev–Trinajstić information content (AvgIpc) is 2.85. The van der Waals surface area contributed by atoms with Crippen molar-refractivity contribution in [3.63, 3.8) is 0 Å². The van der Waals surface area contributed by atoms with Crippen molar-refractivity contribution in [2.75, 3.05) is 18.8 Å². The fourth-order valence-electron chi connectivity index (χ4n) is 2.59. The number of aromatic nitrogens is 1. The number of nitrogens with two attached hydrogens (primary N) is 2. The molecule has 1 unspecified atom stereocenters. The molecule has 1 aliphatic rings. The molecule has 1 atom stereocenters. The van der Waals surface area contributed by atoms with Crippen molar-refractivity contribution >= 4 is 17.4 Å². The lowest BCUT2D eigenvalue weighted by Crippen LogP contribution is -2.50. The van der Waals surface area contributed by atoms with Gasteiger partial charge in [0.25, 0.3) is 0 Å². The zero-order valence-electron chi connectivity index (χ0n) is 11.0. The van der Waals surface area contributed by atoms with Crippen molar-refractivity contribution in [3.05, 3.63) is 22.8 Å².